The third-order valence-electron chi connectivity index (χ3n) is 2.85. The van der Waals surface area contributed by atoms with Crippen LogP contribution in [0.1, 0.15) is 37.6 Å². The van der Waals surface area contributed by atoms with Gasteiger partial charge in [0, 0.05) is 11.0 Å². The third-order valence-corrected chi connectivity index (χ3v) is 2.85. The van der Waals surface area contributed by atoms with Crippen molar-refractivity contribution in [3.05, 3.63) is 29.8 Å². The standard InChI is InChI=1S/C13H15F3O2/c1-4-12(2,3)11(17)9-5-7-10(8-6-9)18-13(14,15)16/h5-8H,4H2,1-3H3. The summed E-state index contributed by atoms with van der Waals surface area (Å²) in [6.07, 6.45) is -4.05. The molecule has 0 fully saturated rings. The molecule has 0 aliphatic heterocycles. The maximum atomic E-state index is 12.0. The molecule has 0 N–H and O–H groups in total. The summed E-state index contributed by atoms with van der Waals surface area (Å²) in [6, 6.07) is 4.99. The SMILES string of the molecule is CCC(C)(C)C(=O)c1ccc(OC(F)(F)F)cc1. The van der Waals surface area contributed by atoms with Crippen LogP contribution >= 0.6 is 0 Å². The van der Waals surface area contributed by atoms with Gasteiger partial charge in [0.1, 0.15) is 5.75 Å². The van der Waals surface area contributed by atoms with Crippen LogP contribution in [0.5, 0.6) is 5.75 Å². The first-order valence-corrected chi connectivity index (χ1v) is 5.56. The lowest BCUT2D eigenvalue weighted by Gasteiger charge is -2.20. The summed E-state index contributed by atoms with van der Waals surface area (Å²) in [5.74, 6) is -0.420. The van der Waals surface area contributed by atoms with Gasteiger partial charge in [-0.05, 0) is 30.7 Å². The Morgan fingerprint density at radius 3 is 2.06 bits per heavy atom. The summed E-state index contributed by atoms with van der Waals surface area (Å²) in [4.78, 5) is 12.0. The van der Waals surface area contributed by atoms with Gasteiger partial charge in [0.2, 0.25) is 0 Å². The molecular formula is C13H15F3O2. The molecule has 0 aliphatic carbocycles. The second-order valence-electron chi connectivity index (χ2n) is 4.64. The number of carbonyl (C=O) groups is 1. The summed E-state index contributed by atoms with van der Waals surface area (Å²) in [6.45, 7) is 5.49. The molecule has 18 heavy (non-hydrogen) atoms. The lowest BCUT2D eigenvalue weighted by atomic mass is 9.82. The monoisotopic (exact) mass is 260 g/mol. The van der Waals surface area contributed by atoms with Gasteiger partial charge in [-0.15, -0.1) is 13.2 Å². The molecule has 0 radical (unpaired) electrons. The molecule has 5 heteroatoms. The zero-order valence-corrected chi connectivity index (χ0v) is 10.5. The highest BCUT2D eigenvalue weighted by molar-refractivity contribution is 6.00. The number of rotatable bonds is 4. The van der Waals surface area contributed by atoms with E-state index in [1.165, 1.54) is 12.1 Å². The fraction of sp³-hybridized carbons (Fsp3) is 0.462. The van der Waals surface area contributed by atoms with E-state index >= 15 is 0 Å². The lowest BCUT2D eigenvalue weighted by Crippen LogP contribution is -2.23. The first-order valence-electron chi connectivity index (χ1n) is 5.56. The zero-order valence-electron chi connectivity index (χ0n) is 10.5. The maximum absolute atomic E-state index is 12.0. The predicted molar refractivity (Wildman–Crippen MR) is 61.5 cm³/mol. The molecular weight excluding hydrogens is 245 g/mol. The van der Waals surface area contributed by atoms with Gasteiger partial charge in [0.05, 0.1) is 0 Å². The predicted octanol–water partition coefficient (Wildman–Crippen LogP) is 4.20. The van der Waals surface area contributed by atoms with Crippen LogP contribution in [-0.4, -0.2) is 12.1 Å². The first kappa shape index (κ1) is 14.5. The molecule has 0 saturated carbocycles. The van der Waals surface area contributed by atoms with Crippen LogP contribution in [0.2, 0.25) is 0 Å². The van der Waals surface area contributed by atoms with Crippen LogP contribution in [0.25, 0.3) is 0 Å². The number of hydrogen-bond acceptors (Lipinski definition) is 2. The second kappa shape index (κ2) is 5.00. The van der Waals surface area contributed by atoms with E-state index in [9.17, 15) is 18.0 Å². The van der Waals surface area contributed by atoms with E-state index in [2.05, 4.69) is 4.74 Å². The Bertz CT molecular complexity index is 419. The van der Waals surface area contributed by atoms with Crippen LogP contribution in [0.3, 0.4) is 0 Å². The van der Waals surface area contributed by atoms with Crippen molar-refractivity contribution >= 4 is 5.78 Å². The Morgan fingerprint density at radius 2 is 1.67 bits per heavy atom. The van der Waals surface area contributed by atoms with Gasteiger partial charge in [-0.2, -0.15) is 0 Å². The molecule has 0 unspecified atom stereocenters. The zero-order chi connectivity index (χ0) is 14.0. The highest BCUT2D eigenvalue weighted by atomic mass is 19.4. The Balaban J connectivity index is 2.87. The fourth-order valence-electron chi connectivity index (χ4n) is 1.36. The third kappa shape index (κ3) is 3.75. The molecule has 0 amide bonds. The molecule has 1 rings (SSSR count). The van der Waals surface area contributed by atoms with Gasteiger partial charge in [-0.1, -0.05) is 20.8 Å². The van der Waals surface area contributed by atoms with E-state index in [4.69, 9.17) is 0 Å². The number of alkyl halides is 3. The molecule has 1 aromatic rings. The smallest absolute Gasteiger partial charge is 0.406 e. The average Bonchev–Trinajstić information content (AvgIpc) is 2.27. The lowest BCUT2D eigenvalue weighted by molar-refractivity contribution is -0.274. The molecule has 0 aliphatic rings. The highest BCUT2D eigenvalue weighted by Crippen LogP contribution is 2.28. The van der Waals surface area contributed by atoms with Crippen LogP contribution < -0.4 is 4.74 Å². The Morgan fingerprint density at radius 1 is 1.17 bits per heavy atom. The highest BCUT2D eigenvalue weighted by Gasteiger charge is 2.31. The van der Waals surface area contributed by atoms with E-state index in [0.717, 1.165) is 12.1 Å². The van der Waals surface area contributed by atoms with Crippen LogP contribution in [0.15, 0.2) is 24.3 Å². The summed E-state index contributed by atoms with van der Waals surface area (Å²) >= 11 is 0. The number of halogens is 3. The molecule has 0 atom stereocenters. The largest absolute Gasteiger partial charge is 0.573 e. The average molecular weight is 260 g/mol. The minimum atomic E-state index is -4.71. The molecule has 0 aromatic heterocycles. The van der Waals surface area contributed by atoms with Crippen molar-refractivity contribution in [1.82, 2.24) is 0 Å². The number of Topliss-reactive ketones (excluding diaryl/α,β-unsaturated/α-hetero) is 1. The van der Waals surface area contributed by atoms with Gasteiger partial charge in [0.25, 0.3) is 0 Å². The topological polar surface area (TPSA) is 26.3 Å². The van der Waals surface area contributed by atoms with Crippen LogP contribution in [0, 0.1) is 5.41 Å². The molecule has 0 bridgehead atoms. The van der Waals surface area contributed by atoms with E-state index in [-0.39, 0.29) is 11.5 Å². The molecule has 1 aromatic carbocycles. The van der Waals surface area contributed by atoms with E-state index in [0.29, 0.717) is 12.0 Å². The van der Waals surface area contributed by atoms with Crippen molar-refractivity contribution in [2.75, 3.05) is 0 Å². The maximum Gasteiger partial charge on any atom is 0.573 e. The summed E-state index contributed by atoms with van der Waals surface area (Å²) in [5, 5.41) is 0. The van der Waals surface area contributed by atoms with E-state index in [1.54, 1.807) is 13.8 Å². The van der Waals surface area contributed by atoms with Crippen molar-refractivity contribution in [3.63, 3.8) is 0 Å². The summed E-state index contributed by atoms with van der Waals surface area (Å²) < 4.78 is 39.6. The molecule has 100 valence electrons. The summed E-state index contributed by atoms with van der Waals surface area (Å²) in [5.41, 5.74) is -0.136. The quantitative estimate of drug-likeness (QED) is 0.758. The normalized spacial score (nSPS) is 12.3. The Hall–Kier alpha value is -1.52. The van der Waals surface area contributed by atoms with Gasteiger partial charge >= 0.3 is 6.36 Å². The molecule has 2 nitrogen and oxygen atoms in total. The summed E-state index contributed by atoms with van der Waals surface area (Å²) in [7, 11) is 0. The second-order valence-corrected chi connectivity index (χ2v) is 4.64. The fourth-order valence-corrected chi connectivity index (χ4v) is 1.36. The number of ether oxygens (including phenoxy) is 1. The van der Waals surface area contributed by atoms with Gasteiger partial charge in [-0.3, -0.25) is 4.79 Å². The van der Waals surface area contributed by atoms with Crippen LogP contribution in [-0.2, 0) is 0 Å². The first-order chi connectivity index (χ1) is 8.15. The number of ketones is 1. The number of hydrogen-bond donors (Lipinski definition) is 0. The van der Waals surface area contributed by atoms with Crippen molar-refractivity contribution in [3.8, 4) is 5.75 Å². The molecule has 0 spiro atoms. The van der Waals surface area contributed by atoms with E-state index < -0.39 is 11.8 Å². The molecule has 0 saturated heterocycles. The minimum absolute atomic E-state index is 0.0939. The Kier molecular flexibility index (Phi) is 4.04. The van der Waals surface area contributed by atoms with Gasteiger partial charge in [-0.25, -0.2) is 0 Å². The van der Waals surface area contributed by atoms with Gasteiger partial charge in [0.15, 0.2) is 5.78 Å². The van der Waals surface area contributed by atoms with E-state index in [1.807, 2.05) is 6.92 Å². The van der Waals surface area contributed by atoms with Crippen molar-refractivity contribution < 1.29 is 22.7 Å². The molecule has 0 heterocycles. The Labute approximate surface area is 104 Å². The minimum Gasteiger partial charge on any atom is -0.406 e. The van der Waals surface area contributed by atoms with Gasteiger partial charge < -0.3 is 4.74 Å². The van der Waals surface area contributed by atoms with Crippen molar-refractivity contribution in [2.45, 2.75) is 33.6 Å². The number of carbonyl (C=O) groups excluding carboxylic acids is 1. The van der Waals surface area contributed by atoms with Crippen molar-refractivity contribution in [2.24, 2.45) is 5.41 Å². The van der Waals surface area contributed by atoms with Crippen molar-refractivity contribution in [1.29, 1.82) is 0 Å². The number of benzene rings is 1. The van der Waals surface area contributed by atoms with Crippen LogP contribution in [0.4, 0.5) is 13.2 Å².